The minimum absolute atomic E-state index is 0.0986. The number of nitrogens with one attached hydrogen (secondary N) is 1. The van der Waals surface area contributed by atoms with Crippen molar-refractivity contribution in [2.24, 2.45) is 0 Å². The molecule has 1 N–H and O–H groups in total. The van der Waals surface area contributed by atoms with Crippen molar-refractivity contribution in [2.45, 2.75) is 19.1 Å². The van der Waals surface area contributed by atoms with Crippen LogP contribution in [0.4, 0.5) is 18.9 Å². The summed E-state index contributed by atoms with van der Waals surface area (Å²) in [4.78, 5) is 0. The van der Waals surface area contributed by atoms with Gasteiger partial charge in [-0.15, -0.1) is 0 Å². The molecule has 0 aliphatic rings. The molecule has 0 aromatic heterocycles. The Morgan fingerprint density at radius 1 is 0.950 bits per heavy atom. The minimum atomic E-state index is -4.30. The highest BCUT2D eigenvalue weighted by atomic mass is 35.5. The standard InChI is InChI=1S/C15H13ClF3N/c1-10(20-14-8-6-13(16)7-9-14)11-2-4-12(5-3-11)15(17,18)19/h2-10,20H,1H3. The lowest BCUT2D eigenvalue weighted by atomic mass is 10.1. The molecular formula is C15H13ClF3N. The lowest BCUT2D eigenvalue weighted by Gasteiger charge is -2.16. The summed E-state index contributed by atoms with van der Waals surface area (Å²) in [6.07, 6.45) is -4.30. The van der Waals surface area contributed by atoms with Crippen molar-refractivity contribution in [1.29, 1.82) is 0 Å². The predicted octanol–water partition coefficient (Wildman–Crippen LogP) is 5.53. The van der Waals surface area contributed by atoms with Gasteiger partial charge in [0, 0.05) is 16.8 Å². The second-order valence-electron chi connectivity index (χ2n) is 4.49. The van der Waals surface area contributed by atoms with Crippen molar-refractivity contribution in [3.63, 3.8) is 0 Å². The van der Waals surface area contributed by atoms with Crippen LogP contribution < -0.4 is 5.32 Å². The fraction of sp³-hybridized carbons (Fsp3) is 0.200. The van der Waals surface area contributed by atoms with Crippen LogP contribution in [0.3, 0.4) is 0 Å². The molecule has 0 spiro atoms. The van der Waals surface area contributed by atoms with Gasteiger partial charge in [0.15, 0.2) is 0 Å². The van der Waals surface area contributed by atoms with E-state index < -0.39 is 11.7 Å². The Balaban J connectivity index is 2.09. The van der Waals surface area contributed by atoms with Gasteiger partial charge in [-0.25, -0.2) is 0 Å². The van der Waals surface area contributed by atoms with Gasteiger partial charge in [0.05, 0.1) is 5.56 Å². The van der Waals surface area contributed by atoms with Crippen LogP contribution in [0.25, 0.3) is 0 Å². The Bertz CT molecular complexity index is 561. The number of hydrogen-bond acceptors (Lipinski definition) is 1. The first kappa shape index (κ1) is 14.7. The minimum Gasteiger partial charge on any atom is -0.379 e. The van der Waals surface area contributed by atoms with Crippen LogP contribution in [0.2, 0.25) is 5.02 Å². The van der Waals surface area contributed by atoms with Crippen LogP contribution in [0.15, 0.2) is 48.5 Å². The van der Waals surface area contributed by atoms with E-state index in [4.69, 9.17) is 11.6 Å². The molecule has 0 bridgehead atoms. The van der Waals surface area contributed by atoms with Crippen LogP contribution >= 0.6 is 11.6 Å². The lowest BCUT2D eigenvalue weighted by Crippen LogP contribution is -2.08. The van der Waals surface area contributed by atoms with Crippen LogP contribution in [-0.2, 0) is 6.18 Å². The molecule has 0 amide bonds. The molecule has 2 rings (SSSR count). The van der Waals surface area contributed by atoms with E-state index in [1.807, 2.05) is 19.1 Å². The molecule has 0 aliphatic heterocycles. The molecule has 0 radical (unpaired) electrons. The molecule has 0 fully saturated rings. The highest BCUT2D eigenvalue weighted by molar-refractivity contribution is 6.30. The molecule has 106 valence electrons. The summed E-state index contributed by atoms with van der Waals surface area (Å²) in [5.74, 6) is 0. The lowest BCUT2D eigenvalue weighted by molar-refractivity contribution is -0.137. The van der Waals surface area contributed by atoms with Crippen molar-refractivity contribution < 1.29 is 13.2 Å². The third-order valence-electron chi connectivity index (χ3n) is 2.97. The van der Waals surface area contributed by atoms with Crippen molar-refractivity contribution in [3.05, 3.63) is 64.7 Å². The average molecular weight is 300 g/mol. The van der Waals surface area contributed by atoms with E-state index in [2.05, 4.69) is 5.32 Å². The molecule has 1 atom stereocenters. The zero-order valence-electron chi connectivity index (χ0n) is 10.7. The summed E-state index contributed by atoms with van der Waals surface area (Å²) in [6, 6.07) is 12.2. The number of alkyl halides is 3. The molecule has 2 aromatic carbocycles. The number of rotatable bonds is 3. The summed E-state index contributed by atoms with van der Waals surface area (Å²) in [7, 11) is 0. The van der Waals surface area contributed by atoms with Gasteiger partial charge in [0.25, 0.3) is 0 Å². The van der Waals surface area contributed by atoms with Gasteiger partial charge in [-0.2, -0.15) is 13.2 Å². The summed E-state index contributed by atoms with van der Waals surface area (Å²) < 4.78 is 37.4. The van der Waals surface area contributed by atoms with Crippen LogP contribution in [0.1, 0.15) is 24.1 Å². The molecule has 2 aromatic rings. The van der Waals surface area contributed by atoms with E-state index in [-0.39, 0.29) is 6.04 Å². The monoisotopic (exact) mass is 299 g/mol. The number of hydrogen-bond donors (Lipinski definition) is 1. The SMILES string of the molecule is CC(Nc1ccc(Cl)cc1)c1ccc(C(F)(F)F)cc1. The molecule has 0 heterocycles. The Labute approximate surface area is 120 Å². The van der Waals surface area contributed by atoms with Crippen LogP contribution in [0.5, 0.6) is 0 Å². The molecule has 1 nitrogen and oxygen atoms in total. The quantitative estimate of drug-likeness (QED) is 0.785. The zero-order chi connectivity index (χ0) is 14.8. The second kappa shape index (κ2) is 5.75. The Kier molecular flexibility index (Phi) is 4.23. The maximum absolute atomic E-state index is 12.5. The molecule has 5 heteroatoms. The van der Waals surface area contributed by atoms with E-state index in [9.17, 15) is 13.2 Å². The molecule has 20 heavy (non-hydrogen) atoms. The predicted molar refractivity (Wildman–Crippen MR) is 74.9 cm³/mol. The Morgan fingerprint density at radius 2 is 1.50 bits per heavy atom. The Hall–Kier alpha value is -1.68. The van der Waals surface area contributed by atoms with Crippen molar-refractivity contribution in [3.8, 4) is 0 Å². The van der Waals surface area contributed by atoms with Gasteiger partial charge in [-0.3, -0.25) is 0 Å². The molecule has 1 unspecified atom stereocenters. The fourth-order valence-electron chi connectivity index (χ4n) is 1.84. The smallest absolute Gasteiger partial charge is 0.379 e. The molecule has 0 saturated heterocycles. The summed E-state index contributed by atoms with van der Waals surface area (Å²) in [5, 5.41) is 3.84. The van der Waals surface area contributed by atoms with Crippen molar-refractivity contribution in [1.82, 2.24) is 0 Å². The third-order valence-corrected chi connectivity index (χ3v) is 3.22. The van der Waals surface area contributed by atoms with Crippen LogP contribution in [0, 0.1) is 0 Å². The first-order valence-electron chi connectivity index (χ1n) is 6.05. The van der Waals surface area contributed by atoms with Gasteiger partial charge >= 0.3 is 6.18 Å². The third kappa shape index (κ3) is 3.67. The van der Waals surface area contributed by atoms with Gasteiger partial charge < -0.3 is 5.32 Å². The highest BCUT2D eigenvalue weighted by Gasteiger charge is 2.30. The van der Waals surface area contributed by atoms with E-state index in [0.29, 0.717) is 5.02 Å². The van der Waals surface area contributed by atoms with Crippen molar-refractivity contribution in [2.75, 3.05) is 5.32 Å². The summed E-state index contributed by atoms with van der Waals surface area (Å²) >= 11 is 5.79. The van der Waals surface area contributed by atoms with Gasteiger partial charge in [0.1, 0.15) is 0 Å². The first-order valence-corrected chi connectivity index (χ1v) is 6.43. The number of benzene rings is 2. The van der Waals surface area contributed by atoms with E-state index in [1.54, 1.807) is 12.1 Å². The highest BCUT2D eigenvalue weighted by Crippen LogP contribution is 2.30. The largest absolute Gasteiger partial charge is 0.416 e. The second-order valence-corrected chi connectivity index (χ2v) is 4.93. The maximum atomic E-state index is 12.5. The summed E-state index contributed by atoms with van der Waals surface area (Å²) in [6.45, 7) is 1.89. The average Bonchev–Trinajstić information content (AvgIpc) is 2.40. The topological polar surface area (TPSA) is 12.0 Å². The summed E-state index contributed by atoms with van der Waals surface area (Å²) in [5.41, 5.74) is 1.01. The molecular weight excluding hydrogens is 287 g/mol. The zero-order valence-corrected chi connectivity index (χ0v) is 11.5. The maximum Gasteiger partial charge on any atom is 0.416 e. The fourth-order valence-corrected chi connectivity index (χ4v) is 1.97. The number of anilines is 1. The van der Waals surface area contributed by atoms with E-state index in [0.717, 1.165) is 23.4 Å². The van der Waals surface area contributed by atoms with Gasteiger partial charge in [0.2, 0.25) is 0 Å². The number of halogens is 4. The van der Waals surface area contributed by atoms with Crippen LogP contribution in [-0.4, -0.2) is 0 Å². The van der Waals surface area contributed by atoms with E-state index >= 15 is 0 Å². The van der Waals surface area contributed by atoms with Gasteiger partial charge in [-0.1, -0.05) is 23.7 Å². The normalized spacial score (nSPS) is 13.1. The van der Waals surface area contributed by atoms with Crippen molar-refractivity contribution >= 4 is 17.3 Å². The Morgan fingerprint density at radius 3 is 2.00 bits per heavy atom. The molecule has 0 saturated carbocycles. The van der Waals surface area contributed by atoms with Gasteiger partial charge in [-0.05, 0) is 48.9 Å². The molecule has 0 aliphatic carbocycles. The first-order chi connectivity index (χ1) is 9.36. The van der Waals surface area contributed by atoms with E-state index in [1.165, 1.54) is 12.1 Å².